The summed E-state index contributed by atoms with van der Waals surface area (Å²) in [5.41, 5.74) is -0.911. The Bertz CT molecular complexity index is 575. The summed E-state index contributed by atoms with van der Waals surface area (Å²) in [5.74, 6) is -0.662. The van der Waals surface area contributed by atoms with E-state index in [1.54, 1.807) is 13.8 Å². The van der Waals surface area contributed by atoms with Gasteiger partial charge in [0, 0.05) is 19.0 Å². The van der Waals surface area contributed by atoms with Crippen LogP contribution in [0.3, 0.4) is 0 Å². The number of nitrogens with zero attached hydrogens (tertiary/aromatic N) is 1. The number of rotatable bonds is 7. The maximum Gasteiger partial charge on any atom is 0.325 e. The van der Waals surface area contributed by atoms with Gasteiger partial charge in [0.2, 0.25) is 0 Å². The number of carbonyl (C=O) groups excluding carboxylic acids is 4. The number of urea groups is 1. The molecule has 0 unspecified atom stereocenters. The highest BCUT2D eigenvalue weighted by Gasteiger charge is 2.43. The minimum atomic E-state index is -0.911. The molecular formula is C18H29N3O5. The van der Waals surface area contributed by atoms with Gasteiger partial charge in [-0.3, -0.25) is 19.3 Å². The molecule has 0 aromatic carbocycles. The standard InChI is InChI=1S/C18H29N3O5/c1-12-7-4-5-8-13(12)19-14(22)11-26-15(23)9-6-10-21-16(24)18(2,3)20-17(21)25/h12-13H,4-11H2,1-3H3,(H,19,22)(H,20,25)/t12-,13-/m0/s1. The van der Waals surface area contributed by atoms with Crippen molar-refractivity contribution < 1.29 is 23.9 Å². The van der Waals surface area contributed by atoms with E-state index < -0.39 is 17.5 Å². The van der Waals surface area contributed by atoms with Crippen molar-refractivity contribution in [3.8, 4) is 0 Å². The van der Waals surface area contributed by atoms with Crippen molar-refractivity contribution in [3.63, 3.8) is 0 Å². The Labute approximate surface area is 154 Å². The van der Waals surface area contributed by atoms with E-state index in [1.165, 1.54) is 6.42 Å². The molecule has 8 nitrogen and oxygen atoms in total. The number of hydrogen-bond donors (Lipinski definition) is 2. The minimum absolute atomic E-state index is 0.0462. The summed E-state index contributed by atoms with van der Waals surface area (Å²) >= 11 is 0. The Balaban J connectivity index is 1.64. The molecule has 26 heavy (non-hydrogen) atoms. The third-order valence-electron chi connectivity index (χ3n) is 5.03. The van der Waals surface area contributed by atoms with Gasteiger partial charge in [-0.05, 0) is 39.0 Å². The summed E-state index contributed by atoms with van der Waals surface area (Å²) in [4.78, 5) is 48.5. The maximum atomic E-state index is 12.0. The van der Waals surface area contributed by atoms with Crippen molar-refractivity contribution >= 4 is 23.8 Å². The smallest absolute Gasteiger partial charge is 0.325 e. The lowest BCUT2D eigenvalue weighted by atomic mass is 9.86. The van der Waals surface area contributed by atoms with E-state index in [2.05, 4.69) is 17.6 Å². The number of nitrogens with one attached hydrogen (secondary N) is 2. The van der Waals surface area contributed by atoms with E-state index in [4.69, 9.17) is 4.74 Å². The number of hydrogen-bond acceptors (Lipinski definition) is 5. The molecular weight excluding hydrogens is 338 g/mol. The van der Waals surface area contributed by atoms with E-state index >= 15 is 0 Å². The molecule has 2 fully saturated rings. The minimum Gasteiger partial charge on any atom is -0.456 e. The highest BCUT2D eigenvalue weighted by molar-refractivity contribution is 6.06. The molecule has 4 amide bonds. The molecule has 0 radical (unpaired) electrons. The molecule has 0 bridgehead atoms. The molecule has 2 rings (SSSR count). The van der Waals surface area contributed by atoms with Gasteiger partial charge in [-0.2, -0.15) is 0 Å². The van der Waals surface area contributed by atoms with Crippen LogP contribution < -0.4 is 10.6 Å². The van der Waals surface area contributed by atoms with Crippen LogP contribution in [0.2, 0.25) is 0 Å². The fourth-order valence-electron chi connectivity index (χ4n) is 3.40. The molecule has 2 atom stereocenters. The lowest BCUT2D eigenvalue weighted by Gasteiger charge is -2.29. The second-order valence-corrected chi connectivity index (χ2v) is 7.71. The Hall–Kier alpha value is -2.12. The first-order valence-electron chi connectivity index (χ1n) is 9.30. The largest absolute Gasteiger partial charge is 0.456 e. The van der Waals surface area contributed by atoms with E-state index in [-0.39, 0.29) is 37.4 Å². The fraction of sp³-hybridized carbons (Fsp3) is 0.778. The topological polar surface area (TPSA) is 105 Å². The summed E-state index contributed by atoms with van der Waals surface area (Å²) < 4.78 is 4.98. The van der Waals surface area contributed by atoms with E-state index in [0.717, 1.165) is 24.2 Å². The summed E-state index contributed by atoms with van der Waals surface area (Å²) in [5, 5.41) is 5.51. The zero-order chi connectivity index (χ0) is 19.3. The summed E-state index contributed by atoms with van der Waals surface area (Å²) in [7, 11) is 0. The Morgan fingerprint density at radius 2 is 1.96 bits per heavy atom. The predicted octanol–water partition coefficient (Wildman–Crippen LogP) is 1.34. The molecule has 0 aromatic heterocycles. The van der Waals surface area contributed by atoms with Gasteiger partial charge >= 0.3 is 12.0 Å². The van der Waals surface area contributed by atoms with Crippen LogP contribution in [0.15, 0.2) is 0 Å². The number of imide groups is 1. The van der Waals surface area contributed by atoms with Crippen molar-refractivity contribution in [2.24, 2.45) is 5.92 Å². The van der Waals surface area contributed by atoms with Crippen molar-refractivity contribution in [2.75, 3.05) is 13.2 Å². The van der Waals surface area contributed by atoms with Crippen LogP contribution in [-0.2, 0) is 19.1 Å². The van der Waals surface area contributed by atoms with Crippen LogP contribution in [0, 0.1) is 5.92 Å². The maximum absolute atomic E-state index is 12.0. The zero-order valence-corrected chi connectivity index (χ0v) is 15.8. The third-order valence-corrected chi connectivity index (χ3v) is 5.03. The number of esters is 1. The molecule has 2 N–H and O–H groups in total. The molecule has 1 saturated carbocycles. The number of carbonyl (C=O) groups is 4. The van der Waals surface area contributed by atoms with E-state index in [0.29, 0.717) is 12.3 Å². The fourth-order valence-corrected chi connectivity index (χ4v) is 3.40. The summed E-state index contributed by atoms with van der Waals surface area (Å²) in [6.07, 6.45) is 4.71. The van der Waals surface area contributed by atoms with Gasteiger partial charge in [0.15, 0.2) is 6.61 Å². The highest BCUT2D eigenvalue weighted by Crippen LogP contribution is 2.23. The van der Waals surface area contributed by atoms with Gasteiger partial charge in [-0.15, -0.1) is 0 Å². The van der Waals surface area contributed by atoms with Gasteiger partial charge in [0.05, 0.1) is 0 Å². The second-order valence-electron chi connectivity index (χ2n) is 7.71. The van der Waals surface area contributed by atoms with Gasteiger partial charge in [0.25, 0.3) is 11.8 Å². The monoisotopic (exact) mass is 367 g/mol. The van der Waals surface area contributed by atoms with E-state index in [9.17, 15) is 19.2 Å². The quantitative estimate of drug-likeness (QED) is 0.522. The van der Waals surface area contributed by atoms with E-state index in [1.807, 2.05) is 0 Å². The number of ether oxygens (including phenoxy) is 1. The molecule has 146 valence electrons. The van der Waals surface area contributed by atoms with Crippen molar-refractivity contribution in [1.29, 1.82) is 0 Å². The lowest BCUT2D eigenvalue weighted by Crippen LogP contribution is -2.42. The lowest BCUT2D eigenvalue weighted by molar-refractivity contribution is -0.149. The molecule has 0 aromatic rings. The third kappa shape index (κ3) is 5.19. The first-order chi connectivity index (χ1) is 12.2. The zero-order valence-electron chi connectivity index (χ0n) is 15.8. The summed E-state index contributed by atoms with van der Waals surface area (Å²) in [6.45, 7) is 5.24. The Morgan fingerprint density at radius 3 is 2.58 bits per heavy atom. The van der Waals surface area contributed by atoms with Gasteiger partial charge in [0.1, 0.15) is 5.54 Å². The predicted molar refractivity (Wildman–Crippen MR) is 94.1 cm³/mol. The molecule has 1 aliphatic carbocycles. The second kappa shape index (κ2) is 8.51. The van der Waals surface area contributed by atoms with Gasteiger partial charge in [-0.25, -0.2) is 4.79 Å². The molecule has 1 aliphatic heterocycles. The Morgan fingerprint density at radius 1 is 1.27 bits per heavy atom. The SMILES string of the molecule is C[C@H]1CCCC[C@@H]1NC(=O)COC(=O)CCCN1C(=O)NC(C)(C)C1=O. The van der Waals surface area contributed by atoms with Crippen molar-refractivity contribution in [1.82, 2.24) is 15.5 Å². The first-order valence-corrected chi connectivity index (χ1v) is 9.30. The molecule has 0 spiro atoms. The van der Waals surface area contributed by atoms with Crippen LogP contribution in [0.4, 0.5) is 4.79 Å². The van der Waals surface area contributed by atoms with Crippen molar-refractivity contribution in [3.05, 3.63) is 0 Å². The molecule has 2 aliphatic rings. The van der Waals surface area contributed by atoms with Crippen molar-refractivity contribution in [2.45, 2.75) is 70.9 Å². The van der Waals surface area contributed by atoms with Gasteiger partial charge in [-0.1, -0.05) is 19.8 Å². The molecule has 1 heterocycles. The highest BCUT2D eigenvalue weighted by atomic mass is 16.5. The average Bonchev–Trinajstić information content (AvgIpc) is 2.76. The van der Waals surface area contributed by atoms with Crippen LogP contribution >= 0.6 is 0 Å². The van der Waals surface area contributed by atoms with Crippen LogP contribution in [-0.4, -0.2) is 53.4 Å². The van der Waals surface area contributed by atoms with Crippen LogP contribution in [0.25, 0.3) is 0 Å². The van der Waals surface area contributed by atoms with Crippen LogP contribution in [0.5, 0.6) is 0 Å². The molecule has 8 heteroatoms. The summed E-state index contributed by atoms with van der Waals surface area (Å²) in [6, 6.07) is -0.299. The molecule has 1 saturated heterocycles. The first kappa shape index (κ1) is 20.2. The number of amides is 4. The van der Waals surface area contributed by atoms with Crippen LogP contribution in [0.1, 0.15) is 59.3 Å². The Kier molecular flexibility index (Phi) is 6.61. The normalized spacial score (nSPS) is 25.0. The van der Waals surface area contributed by atoms with Gasteiger partial charge < -0.3 is 15.4 Å². The average molecular weight is 367 g/mol.